The first-order chi connectivity index (χ1) is 20.4. The van der Waals surface area contributed by atoms with Crippen LogP contribution < -0.4 is 0 Å². The molecule has 0 saturated carbocycles. The summed E-state index contributed by atoms with van der Waals surface area (Å²) in [6.07, 6.45) is 0.490. The van der Waals surface area contributed by atoms with Crippen molar-refractivity contribution in [1.82, 2.24) is 0 Å². The van der Waals surface area contributed by atoms with Gasteiger partial charge in [0.1, 0.15) is 4.90 Å². The molecule has 206 valence electrons. The maximum atomic E-state index is 12.4. The maximum Gasteiger partial charge on any atom is 0.295 e. The fourth-order valence-corrected chi connectivity index (χ4v) is 5.71. The van der Waals surface area contributed by atoms with Crippen LogP contribution in [-0.2, 0) is 16.5 Å². The van der Waals surface area contributed by atoms with Crippen molar-refractivity contribution in [2.24, 2.45) is 20.5 Å². The fraction of sp³-hybridized carbons (Fsp3) is 0.0588. The van der Waals surface area contributed by atoms with E-state index in [1.807, 2.05) is 110 Å². The van der Waals surface area contributed by atoms with Gasteiger partial charge in [0.05, 0.1) is 22.7 Å². The zero-order valence-corrected chi connectivity index (χ0v) is 23.5. The van der Waals surface area contributed by atoms with Crippen LogP contribution in [0.4, 0.5) is 22.7 Å². The van der Waals surface area contributed by atoms with Crippen LogP contribution in [0.25, 0.3) is 21.5 Å². The molecule has 0 aliphatic heterocycles. The van der Waals surface area contributed by atoms with Crippen molar-refractivity contribution >= 4 is 54.4 Å². The monoisotopic (exact) mass is 570 g/mol. The molecule has 1 N–H and O–H groups in total. The van der Waals surface area contributed by atoms with Crippen molar-refractivity contribution in [1.29, 1.82) is 0 Å². The van der Waals surface area contributed by atoms with Crippen LogP contribution in [-0.4, -0.2) is 13.0 Å². The minimum absolute atomic E-state index is 0.155. The number of hydrogen-bond acceptors (Lipinski definition) is 6. The molecule has 0 radical (unpaired) electrons. The van der Waals surface area contributed by atoms with Gasteiger partial charge >= 0.3 is 0 Å². The van der Waals surface area contributed by atoms with Crippen LogP contribution in [0.15, 0.2) is 147 Å². The lowest BCUT2D eigenvalue weighted by Gasteiger charge is -2.12. The van der Waals surface area contributed by atoms with E-state index in [0.717, 1.165) is 33.2 Å². The van der Waals surface area contributed by atoms with Crippen molar-refractivity contribution < 1.29 is 13.0 Å². The SMILES string of the molecule is Cc1ccc(Cc2ccc(N=Nc3ccc(N=Nc4ccccc4)c4ccccc34)c3cccc(S(=O)(=O)O)c23)cc1. The van der Waals surface area contributed by atoms with E-state index in [-0.39, 0.29) is 4.90 Å². The van der Waals surface area contributed by atoms with E-state index >= 15 is 0 Å². The van der Waals surface area contributed by atoms with Gasteiger partial charge < -0.3 is 0 Å². The molecule has 8 heteroatoms. The number of azo groups is 2. The normalized spacial score (nSPS) is 12.1. The summed E-state index contributed by atoms with van der Waals surface area (Å²) in [7, 11) is -4.49. The number of benzene rings is 6. The molecular weight excluding hydrogens is 544 g/mol. The molecule has 6 aromatic rings. The lowest BCUT2D eigenvalue weighted by atomic mass is 9.97. The minimum Gasteiger partial charge on any atom is -0.282 e. The number of aryl methyl sites for hydroxylation is 1. The van der Waals surface area contributed by atoms with Gasteiger partial charge in [-0.3, -0.25) is 4.55 Å². The highest BCUT2D eigenvalue weighted by Gasteiger charge is 2.19. The molecule has 0 aromatic heterocycles. The highest BCUT2D eigenvalue weighted by atomic mass is 32.2. The predicted octanol–water partition coefficient (Wildman–Crippen LogP) is 9.97. The van der Waals surface area contributed by atoms with E-state index in [2.05, 4.69) is 20.5 Å². The first-order valence-corrected chi connectivity index (χ1v) is 14.8. The Morgan fingerprint density at radius 2 is 1.12 bits per heavy atom. The molecule has 0 bridgehead atoms. The third-order valence-electron chi connectivity index (χ3n) is 7.03. The Morgan fingerprint density at radius 1 is 0.571 bits per heavy atom. The second-order valence-electron chi connectivity index (χ2n) is 9.94. The minimum atomic E-state index is -4.49. The quantitative estimate of drug-likeness (QED) is 0.152. The highest BCUT2D eigenvalue weighted by Crippen LogP contribution is 2.38. The molecule has 42 heavy (non-hydrogen) atoms. The van der Waals surface area contributed by atoms with Gasteiger partial charge in [0.25, 0.3) is 10.1 Å². The molecule has 0 saturated heterocycles. The topological polar surface area (TPSA) is 104 Å². The molecule has 0 amide bonds. The molecule has 6 aromatic carbocycles. The lowest BCUT2D eigenvalue weighted by molar-refractivity contribution is 0.484. The Hall–Kier alpha value is -5.05. The maximum absolute atomic E-state index is 12.4. The molecule has 0 atom stereocenters. The van der Waals surface area contributed by atoms with Crippen LogP contribution in [0.1, 0.15) is 16.7 Å². The second-order valence-corrected chi connectivity index (χ2v) is 11.3. The molecule has 0 spiro atoms. The Kier molecular flexibility index (Phi) is 7.39. The smallest absolute Gasteiger partial charge is 0.282 e. The van der Waals surface area contributed by atoms with Gasteiger partial charge in [-0.2, -0.15) is 13.5 Å². The molecule has 0 unspecified atom stereocenters. The molecule has 7 nitrogen and oxygen atoms in total. The number of fused-ring (bicyclic) bond motifs is 2. The van der Waals surface area contributed by atoms with Crippen molar-refractivity contribution in [2.45, 2.75) is 18.2 Å². The molecule has 0 aliphatic carbocycles. The lowest BCUT2D eigenvalue weighted by Crippen LogP contribution is -2.01. The van der Waals surface area contributed by atoms with Gasteiger partial charge in [0, 0.05) is 21.5 Å². The van der Waals surface area contributed by atoms with Crippen molar-refractivity contribution in [3.8, 4) is 0 Å². The first-order valence-electron chi connectivity index (χ1n) is 13.3. The summed E-state index contributed by atoms with van der Waals surface area (Å²) in [5.74, 6) is 0. The Morgan fingerprint density at radius 3 is 1.76 bits per heavy atom. The Labute approximate surface area is 243 Å². The zero-order valence-electron chi connectivity index (χ0n) is 22.7. The number of nitrogens with zero attached hydrogens (tertiary/aromatic N) is 4. The zero-order chi connectivity index (χ0) is 29.1. The Bertz CT molecular complexity index is 2090. The van der Waals surface area contributed by atoms with Gasteiger partial charge in [-0.1, -0.05) is 90.5 Å². The van der Waals surface area contributed by atoms with Gasteiger partial charge in [-0.25, -0.2) is 0 Å². The fourth-order valence-electron chi connectivity index (χ4n) is 4.96. The van der Waals surface area contributed by atoms with E-state index in [0.29, 0.717) is 34.3 Å². The van der Waals surface area contributed by atoms with E-state index in [9.17, 15) is 13.0 Å². The molecule has 0 fully saturated rings. The van der Waals surface area contributed by atoms with Crippen molar-refractivity contribution in [3.63, 3.8) is 0 Å². The summed E-state index contributed by atoms with van der Waals surface area (Å²) < 4.78 is 34.9. The van der Waals surface area contributed by atoms with E-state index < -0.39 is 10.1 Å². The van der Waals surface area contributed by atoms with E-state index in [1.54, 1.807) is 12.1 Å². The third-order valence-corrected chi connectivity index (χ3v) is 7.93. The molecule has 0 aliphatic rings. The summed E-state index contributed by atoms with van der Waals surface area (Å²) in [5.41, 5.74) is 5.51. The Balaban J connectivity index is 1.42. The van der Waals surface area contributed by atoms with Gasteiger partial charge in [0.15, 0.2) is 0 Å². The molecule has 0 heterocycles. The van der Waals surface area contributed by atoms with Crippen molar-refractivity contribution in [3.05, 3.63) is 138 Å². The van der Waals surface area contributed by atoms with E-state index in [1.165, 1.54) is 6.07 Å². The average molecular weight is 571 g/mol. The molecule has 6 rings (SSSR count). The number of hydrogen-bond donors (Lipinski definition) is 1. The van der Waals surface area contributed by atoms with Crippen LogP contribution in [0, 0.1) is 6.92 Å². The molecular formula is C34H26N4O3S. The standard InChI is InChI=1S/C34H26N4O3S/c1-23-14-16-24(17-15-23)22-25-18-19-32(29-12-7-13-33(34(25)29)42(39,40)41)38-37-31-21-20-30(27-10-5-6-11-28(27)31)36-35-26-8-3-2-4-9-26/h2-21H,22H2,1H3,(H,39,40,41). The largest absolute Gasteiger partial charge is 0.295 e. The summed E-state index contributed by atoms with van der Waals surface area (Å²) >= 11 is 0. The summed E-state index contributed by atoms with van der Waals surface area (Å²) in [6.45, 7) is 2.01. The summed E-state index contributed by atoms with van der Waals surface area (Å²) in [5, 5.41) is 20.7. The van der Waals surface area contributed by atoms with Gasteiger partial charge in [-0.15, -0.1) is 15.3 Å². The van der Waals surface area contributed by atoms with Crippen LogP contribution in [0.3, 0.4) is 0 Å². The summed E-state index contributed by atoms with van der Waals surface area (Å²) in [6, 6.07) is 37.5. The second kappa shape index (κ2) is 11.4. The predicted molar refractivity (Wildman–Crippen MR) is 166 cm³/mol. The number of rotatable bonds is 7. The van der Waals surface area contributed by atoms with Crippen molar-refractivity contribution in [2.75, 3.05) is 0 Å². The highest BCUT2D eigenvalue weighted by molar-refractivity contribution is 7.86. The van der Waals surface area contributed by atoms with E-state index in [4.69, 9.17) is 0 Å². The van der Waals surface area contributed by atoms with Crippen LogP contribution in [0.5, 0.6) is 0 Å². The first kappa shape index (κ1) is 27.1. The van der Waals surface area contributed by atoms with Gasteiger partial charge in [0.2, 0.25) is 0 Å². The van der Waals surface area contributed by atoms with Crippen LogP contribution >= 0.6 is 0 Å². The van der Waals surface area contributed by atoms with Gasteiger partial charge in [-0.05, 0) is 60.9 Å². The third kappa shape index (κ3) is 5.72. The van der Waals surface area contributed by atoms with Crippen LogP contribution in [0.2, 0.25) is 0 Å². The average Bonchev–Trinajstić information content (AvgIpc) is 3.00. The summed E-state index contributed by atoms with van der Waals surface area (Å²) in [4.78, 5) is -0.155.